The molecule has 0 aliphatic heterocycles. The van der Waals surface area contributed by atoms with Gasteiger partial charge >= 0.3 is 6.18 Å². The zero-order valence-corrected chi connectivity index (χ0v) is 10.1. The molecular formula is C13H8F3N3O. The molecule has 0 bridgehead atoms. The fraction of sp³-hybridized carbons (Fsp3) is 0.308. The minimum Gasteiger partial charge on any atom is -0.339 e. The highest BCUT2D eigenvalue weighted by Crippen LogP contribution is 2.46. The Kier molecular flexibility index (Phi) is 2.74. The Morgan fingerprint density at radius 3 is 2.80 bits per heavy atom. The third-order valence-corrected chi connectivity index (χ3v) is 3.16. The van der Waals surface area contributed by atoms with Crippen molar-refractivity contribution in [1.29, 1.82) is 5.26 Å². The van der Waals surface area contributed by atoms with Crippen LogP contribution in [0.15, 0.2) is 28.8 Å². The summed E-state index contributed by atoms with van der Waals surface area (Å²) in [7, 11) is 0. The number of hydrogen-bond donors (Lipinski definition) is 0. The lowest BCUT2D eigenvalue weighted by Crippen LogP contribution is -2.04. The van der Waals surface area contributed by atoms with Crippen LogP contribution in [0.5, 0.6) is 0 Å². The molecule has 0 spiro atoms. The van der Waals surface area contributed by atoms with Crippen LogP contribution in [0.2, 0.25) is 0 Å². The first-order chi connectivity index (χ1) is 9.49. The van der Waals surface area contributed by atoms with Gasteiger partial charge in [-0.05, 0) is 18.6 Å². The highest BCUT2D eigenvalue weighted by Gasteiger charge is 2.43. The third-order valence-electron chi connectivity index (χ3n) is 3.16. The van der Waals surface area contributed by atoms with Crippen LogP contribution in [0, 0.1) is 17.2 Å². The predicted octanol–water partition coefficient (Wildman–Crippen LogP) is 3.38. The highest BCUT2D eigenvalue weighted by atomic mass is 19.4. The molecule has 4 nitrogen and oxygen atoms in total. The molecule has 3 rings (SSSR count). The molecule has 0 radical (unpaired) electrons. The molecular weight excluding hydrogens is 271 g/mol. The summed E-state index contributed by atoms with van der Waals surface area (Å²) in [6, 6.07) is 6.83. The van der Waals surface area contributed by atoms with Crippen LogP contribution in [0.4, 0.5) is 13.2 Å². The molecule has 102 valence electrons. The highest BCUT2D eigenvalue weighted by molar-refractivity contribution is 5.55. The summed E-state index contributed by atoms with van der Waals surface area (Å²) in [5.74, 6) is 0.190. The second kappa shape index (κ2) is 4.34. The molecule has 1 aromatic carbocycles. The van der Waals surface area contributed by atoms with Gasteiger partial charge in [-0.1, -0.05) is 17.3 Å². The van der Waals surface area contributed by atoms with Crippen LogP contribution < -0.4 is 0 Å². The number of halogens is 3. The van der Waals surface area contributed by atoms with Crippen molar-refractivity contribution in [3.63, 3.8) is 0 Å². The predicted molar refractivity (Wildman–Crippen MR) is 61.2 cm³/mol. The SMILES string of the molecule is N#CC1CC1c1nc(-c2cccc(C(F)(F)F)c2)no1. The summed E-state index contributed by atoms with van der Waals surface area (Å²) in [5.41, 5.74) is -0.522. The van der Waals surface area contributed by atoms with Gasteiger partial charge in [0.1, 0.15) is 0 Å². The normalized spacial score (nSPS) is 21.5. The van der Waals surface area contributed by atoms with Gasteiger partial charge in [-0.2, -0.15) is 23.4 Å². The first-order valence-corrected chi connectivity index (χ1v) is 5.90. The average molecular weight is 279 g/mol. The summed E-state index contributed by atoms with van der Waals surface area (Å²) >= 11 is 0. The molecule has 1 heterocycles. The number of nitriles is 1. The molecule has 0 amide bonds. The average Bonchev–Trinajstić information content (AvgIpc) is 3.05. The van der Waals surface area contributed by atoms with Gasteiger partial charge in [0.15, 0.2) is 0 Å². The molecule has 0 saturated heterocycles. The minimum atomic E-state index is -4.41. The first kappa shape index (κ1) is 12.7. The van der Waals surface area contributed by atoms with Crippen LogP contribution in [-0.4, -0.2) is 10.1 Å². The lowest BCUT2D eigenvalue weighted by atomic mass is 10.1. The van der Waals surface area contributed by atoms with E-state index in [2.05, 4.69) is 16.2 Å². The van der Waals surface area contributed by atoms with Crippen LogP contribution in [-0.2, 0) is 6.18 Å². The molecule has 7 heteroatoms. The van der Waals surface area contributed by atoms with Gasteiger partial charge in [0.2, 0.25) is 11.7 Å². The van der Waals surface area contributed by atoms with Crippen molar-refractivity contribution in [1.82, 2.24) is 10.1 Å². The number of hydrogen-bond acceptors (Lipinski definition) is 4. The molecule has 20 heavy (non-hydrogen) atoms. The quantitative estimate of drug-likeness (QED) is 0.845. The molecule has 1 aliphatic carbocycles. The van der Waals surface area contributed by atoms with E-state index >= 15 is 0 Å². The topological polar surface area (TPSA) is 62.7 Å². The minimum absolute atomic E-state index is 0.0907. The van der Waals surface area contributed by atoms with E-state index in [9.17, 15) is 13.2 Å². The van der Waals surface area contributed by atoms with E-state index in [1.807, 2.05) is 0 Å². The van der Waals surface area contributed by atoms with E-state index in [1.165, 1.54) is 12.1 Å². The molecule has 2 atom stereocenters. The lowest BCUT2D eigenvalue weighted by Gasteiger charge is -2.06. The van der Waals surface area contributed by atoms with Crippen molar-refractivity contribution in [2.75, 3.05) is 0 Å². The molecule has 2 aromatic rings. The maximum absolute atomic E-state index is 12.6. The van der Waals surface area contributed by atoms with Gasteiger partial charge in [0.25, 0.3) is 0 Å². The van der Waals surface area contributed by atoms with Crippen molar-refractivity contribution >= 4 is 0 Å². The van der Waals surface area contributed by atoms with Crippen molar-refractivity contribution in [2.45, 2.75) is 18.5 Å². The molecule has 1 fully saturated rings. The number of aromatic nitrogens is 2. The maximum Gasteiger partial charge on any atom is 0.416 e. The van der Waals surface area contributed by atoms with Gasteiger partial charge in [-0.3, -0.25) is 0 Å². The van der Waals surface area contributed by atoms with Gasteiger partial charge in [-0.25, -0.2) is 0 Å². The monoisotopic (exact) mass is 279 g/mol. The second-order valence-corrected chi connectivity index (χ2v) is 4.61. The number of benzene rings is 1. The van der Waals surface area contributed by atoms with Gasteiger partial charge < -0.3 is 4.52 Å². The smallest absolute Gasteiger partial charge is 0.339 e. The lowest BCUT2D eigenvalue weighted by molar-refractivity contribution is -0.137. The molecule has 0 N–H and O–H groups in total. The van der Waals surface area contributed by atoms with Crippen molar-refractivity contribution in [2.24, 2.45) is 5.92 Å². The Morgan fingerprint density at radius 1 is 1.35 bits per heavy atom. The van der Waals surface area contributed by atoms with Crippen LogP contribution in [0.1, 0.15) is 23.8 Å². The Bertz CT molecular complexity index is 687. The summed E-state index contributed by atoms with van der Waals surface area (Å²) < 4.78 is 42.9. The van der Waals surface area contributed by atoms with Crippen molar-refractivity contribution in [3.8, 4) is 17.5 Å². The Morgan fingerprint density at radius 2 is 2.15 bits per heavy atom. The maximum atomic E-state index is 12.6. The van der Waals surface area contributed by atoms with E-state index in [-0.39, 0.29) is 23.2 Å². The van der Waals surface area contributed by atoms with Crippen molar-refractivity contribution < 1.29 is 17.7 Å². The Labute approximate surface area is 111 Å². The van der Waals surface area contributed by atoms with E-state index in [1.54, 1.807) is 0 Å². The first-order valence-electron chi connectivity index (χ1n) is 5.90. The largest absolute Gasteiger partial charge is 0.416 e. The zero-order chi connectivity index (χ0) is 14.3. The van der Waals surface area contributed by atoms with E-state index in [0.29, 0.717) is 12.3 Å². The van der Waals surface area contributed by atoms with Gasteiger partial charge in [-0.15, -0.1) is 0 Å². The fourth-order valence-corrected chi connectivity index (χ4v) is 1.95. The summed E-state index contributed by atoms with van der Waals surface area (Å²) in [6.07, 6.45) is -3.76. The molecule has 2 unspecified atom stereocenters. The fourth-order valence-electron chi connectivity index (χ4n) is 1.95. The van der Waals surface area contributed by atoms with E-state index < -0.39 is 11.7 Å². The van der Waals surface area contributed by atoms with E-state index in [4.69, 9.17) is 9.78 Å². The standard InChI is InChI=1S/C13H8F3N3O/c14-13(15,16)9-3-1-2-7(4-9)11-18-12(20-19-11)10-5-8(10)6-17/h1-4,8,10H,5H2. The summed E-state index contributed by atoms with van der Waals surface area (Å²) in [4.78, 5) is 4.07. The number of rotatable bonds is 2. The number of nitrogens with zero attached hydrogens (tertiary/aromatic N) is 3. The van der Waals surface area contributed by atoms with Crippen LogP contribution in [0.3, 0.4) is 0 Å². The van der Waals surface area contributed by atoms with Crippen molar-refractivity contribution in [3.05, 3.63) is 35.7 Å². The molecule has 1 saturated carbocycles. The van der Waals surface area contributed by atoms with Crippen LogP contribution in [0.25, 0.3) is 11.4 Å². The third kappa shape index (κ3) is 2.25. The summed E-state index contributed by atoms with van der Waals surface area (Å²) in [5, 5.41) is 12.4. The second-order valence-electron chi connectivity index (χ2n) is 4.61. The summed E-state index contributed by atoms with van der Waals surface area (Å²) in [6.45, 7) is 0. The van der Waals surface area contributed by atoms with Crippen LogP contribution >= 0.6 is 0 Å². The zero-order valence-electron chi connectivity index (χ0n) is 10.1. The van der Waals surface area contributed by atoms with E-state index in [0.717, 1.165) is 12.1 Å². The molecule has 1 aromatic heterocycles. The number of alkyl halides is 3. The molecule has 1 aliphatic rings. The van der Waals surface area contributed by atoms with Gasteiger partial charge in [0, 0.05) is 5.56 Å². The Balaban J connectivity index is 1.89. The Hall–Kier alpha value is -2.36. The van der Waals surface area contributed by atoms with Gasteiger partial charge in [0.05, 0.1) is 23.5 Å².